The molecule has 1 nitrogen and oxygen atoms in total. The zero-order valence-corrected chi connectivity index (χ0v) is 6.21. The molecule has 55 valence electrons. The summed E-state index contributed by atoms with van der Waals surface area (Å²) < 4.78 is 0. The minimum absolute atomic E-state index is 0.241. The molecule has 0 aromatic heterocycles. The Bertz CT molecular complexity index is 259. The van der Waals surface area contributed by atoms with E-state index < -0.39 is 0 Å². The molecular weight excluding hydrogens is 136 g/mol. The molecule has 1 fully saturated rings. The fourth-order valence-corrected chi connectivity index (χ4v) is 1.08. The maximum atomic E-state index is 11.4. The average molecular weight is 145 g/mol. The van der Waals surface area contributed by atoms with Crippen molar-refractivity contribution in [1.29, 1.82) is 0 Å². The largest absolute Gasteiger partial charge is 0.294 e. The van der Waals surface area contributed by atoms with E-state index in [2.05, 4.69) is 0 Å². The van der Waals surface area contributed by atoms with E-state index in [1.807, 2.05) is 30.3 Å². The Balaban J connectivity index is 2.22. The van der Waals surface area contributed by atoms with Gasteiger partial charge in [0.1, 0.15) is 0 Å². The SMILES string of the molecule is O=C([C]1CC1)c1ccccc1. The fourth-order valence-electron chi connectivity index (χ4n) is 1.08. The number of carbonyl (C=O) groups is 1. The van der Waals surface area contributed by atoms with E-state index >= 15 is 0 Å². The van der Waals surface area contributed by atoms with Gasteiger partial charge in [-0.25, -0.2) is 0 Å². The van der Waals surface area contributed by atoms with Gasteiger partial charge in [0.05, 0.1) is 0 Å². The van der Waals surface area contributed by atoms with E-state index in [-0.39, 0.29) is 5.78 Å². The molecule has 2 rings (SSSR count). The summed E-state index contributed by atoms with van der Waals surface area (Å²) in [5.74, 6) is 1.32. The van der Waals surface area contributed by atoms with E-state index in [9.17, 15) is 4.79 Å². The summed E-state index contributed by atoms with van der Waals surface area (Å²) in [6, 6.07) is 9.46. The topological polar surface area (TPSA) is 17.1 Å². The fraction of sp³-hybridized carbons (Fsp3) is 0.200. The van der Waals surface area contributed by atoms with Crippen molar-refractivity contribution in [2.24, 2.45) is 0 Å². The van der Waals surface area contributed by atoms with Gasteiger partial charge in [0.15, 0.2) is 5.78 Å². The molecule has 0 heterocycles. The van der Waals surface area contributed by atoms with E-state index in [1.54, 1.807) is 0 Å². The second-order valence-corrected chi connectivity index (χ2v) is 2.80. The van der Waals surface area contributed by atoms with Gasteiger partial charge < -0.3 is 0 Å². The summed E-state index contributed by atoms with van der Waals surface area (Å²) >= 11 is 0. The Morgan fingerprint density at radius 3 is 2.27 bits per heavy atom. The smallest absolute Gasteiger partial charge is 0.170 e. The molecule has 0 aliphatic heterocycles. The molecule has 1 heteroatoms. The van der Waals surface area contributed by atoms with Crippen LogP contribution in [-0.4, -0.2) is 5.78 Å². The first-order chi connectivity index (χ1) is 5.38. The minimum atomic E-state index is 0.241. The molecule has 1 aliphatic carbocycles. The average Bonchev–Trinajstić information content (AvgIpc) is 2.87. The van der Waals surface area contributed by atoms with Gasteiger partial charge in [0.2, 0.25) is 0 Å². The van der Waals surface area contributed by atoms with Crippen LogP contribution in [0.4, 0.5) is 0 Å². The number of rotatable bonds is 2. The number of hydrogen-bond donors (Lipinski definition) is 0. The van der Waals surface area contributed by atoms with Crippen LogP contribution in [0.25, 0.3) is 0 Å². The lowest BCUT2D eigenvalue weighted by atomic mass is 10.1. The van der Waals surface area contributed by atoms with E-state index in [1.165, 1.54) is 0 Å². The van der Waals surface area contributed by atoms with Crippen LogP contribution in [0.2, 0.25) is 0 Å². The van der Waals surface area contributed by atoms with Crippen LogP contribution in [0.15, 0.2) is 30.3 Å². The molecule has 1 radical (unpaired) electrons. The third kappa shape index (κ3) is 1.32. The number of carbonyl (C=O) groups excluding carboxylic acids is 1. The number of benzene rings is 1. The van der Waals surface area contributed by atoms with Crippen LogP contribution >= 0.6 is 0 Å². The minimum Gasteiger partial charge on any atom is -0.294 e. The van der Waals surface area contributed by atoms with Crippen LogP contribution in [0.3, 0.4) is 0 Å². The summed E-state index contributed by atoms with van der Waals surface area (Å²) in [5.41, 5.74) is 0.833. The van der Waals surface area contributed by atoms with Gasteiger partial charge in [-0.15, -0.1) is 0 Å². The quantitative estimate of drug-likeness (QED) is 0.583. The standard InChI is InChI=1S/C10H9O/c11-10(9-6-7-9)8-4-2-1-3-5-8/h1-5H,6-7H2. The second kappa shape index (κ2) is 2.50. The first-order valence-electron chi connectivity index (χ1n) is 3.82. The highest BCUT2D eigenvalue weighted by atomic mass is 16.1. The van der Waals surface area contributed by atoms with Crippen LogP contribution in [-0.2, 0) is 0 Å². The van der Waals surface area contributed by atoms with Crippen molar-refractivity contribution in [2.45, 2.75) is 12.8 Å². The molecule has 1 aromatic rings. The van der Waals surface area contributed by atoms with Gasteiger partial charge in [-0.1, -0.05) is 30.3 Å². The van der Waals surface area contributed by atoms with E-state index in [0.717, 1.165) is 24.3 Å². The zero-order chi connectivity index (χ0) is 7.68. The maximum Gasteiger partial charge on any atom is 0.170 e. The lowest BCUT2D eigenvalue weighted by Crippen LogP contribution is -1.98. The Morgan fingerprint density at radius 2 is 1.73 bits per heavy atom. The van der Waals surface area contributed by atoms with Crippen molar-refractivity contribution < 1.29 is 4.79 Å². The molecule has 0 saturated heterocycles. The highest BCUT2D eigenvalue weighted by molar-refractivity contribution is 6.08. The monoisotopic (exact) mass is 145 g/mol. The molecule has 11 heavy (non-hydrogen) atoms. The lowest BCUT2D eigenvalue weighted by Gasteiger charge is -1.94. The van der Waals surface area contributed by atoms with Gasteiger partial charge in [-0.3, -0.25) is 4.79 Å². The molecule has 0 spiro atoms. The molecule has 1 aromatic carbocycles. The van der Waals surface area contributed by atoms with Crippen molar-refractivity contribution in [3.8, 4) is 0 Å². The second-order valence-electron chi connectivity index (χ2n) is 2.80. The van der Waals surface area contributed by atoms with Crippen LogP contribution in [0.1, 0.15) is 23.2 Å². The van der Waals surface area contributed by atoms with Crippen LogP contribution in [0.5, 0.6) is 0 Å². The molecule has 0 amide bonds. The van der Waals surface area contributed by atoms with E-state index in [0.29, 0.717) is 0 Å². The van der Waals surface area contributed by atoms with Gasteiger partial charge >= 0.3 is 0 Å². The zero-order valence-electron chi connectivity index (χ0n) is 6.21. The first-order valence-corrected chi connectivity index (χ1v) is 3.82. The van der Waals surface area contributed by atoms with Crippen LogP contribution < -0.4 is 0 Å². The normalized spacial score (nSPS) is 16.4. The van der Waals surface area contributed by atoms with E-state index in [4.69, 9.17) is 0 Å². The molecular formula is C10H9O. The summed E-state index contributed by atoms with van der Waals surface area (Å²) in [7, 11) is 0. The third-order valence-corrected chi connectivity index (χ3v) is 1.86. The highest BCUT2D eigenvalue weighted by Crippen LogP contribution is 2.34. The van der Waals surface area contributed by atoms with Crippen molar-refractivity contribution in [3.05, 3.63) is 41.8 Å². The summed E-state index contributed by atoms with van der Waals surface area (Å²) in [4.78, 5) is 11.4. The van der Waals surface area contributed by atoms with Crippen molar-refractivity contribution >= 4 is 5.78 Å². The highest BCUT2D eigenvalue weighted by Gasteiger charge is 2.30. The third-order valence-electron chi connectivity index (χ3n) is 1.86. The Kier molecular flexibility index (Phi) is 1.50. The molecule has 0 bridgehead atoms. The summed E-state index contributed by atoms with van der Waals surface area (Å²) in [5, 5.41) is 0. The Labute approximate surface area is 66.0 Å². The molecule has 0 atom stereocenters. The van der Waals surface area contributed by atoms with Gasteiger partial charge in [-0.2, -0.15) is 0 Å². The molecule has 1 aliphatic rings. The van der Waals surface area contributed by atoms with Crippen molar-refractivity contribution in [2.75, 3.05) is 0 Å². The van der Waals surface area contributed by atoms with Gasteiger partial charge in [0, 0.05) is 11.5 Å². The molecule has 1 saturated carbocycles. The molecule has 0 unspecified atom stereocenters. The van der Waals surface area contributed by atoms with Crippen molar-refractivity contribution in [1.82, 2.24) is 0 Å². The summed E-state index contributed by atoms with van der Waals surface area (Å²) in [6.45, 7) is 0. The summed E-state index contributed by atoms with van der Waals surface area (Å²) in [6.07, 6.45) is 2.02. The van der Waals surface area contributed by atoms with Gasteiger partial charge in [0.25, 0.3) is 0 Å². The Hall–Kier alpha value is -1.11. The number of hydrogen-bond acceptors (Lipinski definition) is 1. The van der Waals surface area contributed by atoms with Crippen molar-refractivity contribution in [3.63, 3.8) is 0 Å². The Morgan fingerprint density at radius 1 is 1.09 bits per heavy atom. The predicted octanol–water partition coefficient (Wildman–Crippen LogP) is 2.24. The first kappa shape index (κ1) is 6.59. The molecule has 0 N–H and O–H groups in total. The number of Topliss-reactive ketones (excluding diaryl/α,β-unsaturated/α-hetero) is 1. The van der Waals surface area contributed by atoms with Crippen LogP contribution in [0, 0.1) is 5.92 Å². The predicted molar refractivity (Wildman–Crippen MR) is 43.2 cm³/mol. The lowest BCUT2D eigenvalue weighted by molar-refractivity contribution is 0.102. The number of ketones is 1. The maximum absolute atomic E-state index is 11.4. The van der Waals surface area contributed by atoms with Gasteiger partial charge in [-0.05, 0) is 12.8 Å².